The van der Waals surface area contributed by atoms with Crippen molar-refractivity contribution in [3.8, 4) is 0 Å². The minimum atomic E-state index is -0.265. The summed E-state index contributed by atoms with van der Waals surface area (Å²) in [5, 5.41) is 4.08. The highest BCUT2D eigenvalue weighted by Crippen LogP contribution is 2.01. The first-order valence-corrected chi connectivity index (χ1v) is 4.93. The third kappa shape index (κ3) is 3.36. The van der Waals surface area contributed by atoms with E-state index >= 15 is 0 Å². The van der Waals surface area contributed by atoms with Gasteiger partial charge in [0, 0.05) is 7.05 Å². The number of amides is 1. The Morgan fingerprint density at radius 1 is 1.67 bits per heavy atom. The van der Waals surface area contributed by atoms with Crippen LogP contribution >= 0.6 is 0 Å². The van der Waals surface area contributed by atoms with Crippen molar-refractivity contribution in [1.29, 1.82) is 0 Å². The van der Waals surface area contributed by atoms with Gasteiger partial charge >= 0.3 is 0 Å². The fourth-order valence-corrected chi connectivity index (χ4v) is 1.15. The van der Waals surface area contributed by atoms with Crippen molar-refractivity contribution in [1.82, 2.24) is 15.3 Å². The van der Waals surface area contributed by atoms with Crippen LogP contribution in [0.1, 0.15) is 30.0 Å². The molecule has 1 aromatic rings. The van der Waals surface area contributed by atoms with Crippen molar-refractivity contribution < 1.29 is 9.63 Å². The monoisotopic (exact) mass is 211 g/mol. The second kappa shape index (κ2) is 4.93. The van der Waals surface area contributed by atoms with Gasteiger partial charge in [0.25, 0.3) is 5.91 Å². The lowest BCUT2D eigenvalue weighted by Crippen LogP contribution is -2.27. The molecule has 1 rings (SSSR count). The summed E-state index contributed by atoms with van der Waals surface area (Å²) < 4.78 is 1.53. The largest absolute Gasteiger partial charge is 0.293 e. The average molecular weight is 211 g/mol. The zero-order valence-electron chi connectivity index (χ0n) is 9.57. The molecule has 5 nitrogen and oxygen atoms in total. The van der Waals surface area contributed by atoms with Gasteiger partial charge in [0.15, 0.2) is 0 Å². The van der Waals surface area contributed by atoms with Crippen molar-refractivity contribution in [3.63, 3.8) is 0 Å². The Hall–Kier alpha value is -1.36. The number of hydrogen-bond acceptors (Lipinski definition) is 3. The molecule has 5 heteroatoms. The summed E-state index contributed by atoms with van der Waals surface area (Å²) >= 11 is 0. The Morgan fingerprint density at radius 3 is 2.80 bits per heavy atom. The molecule has 0 atom stereocenters. The molecule has 15 heavy (non-hydrogen) atoms. The van der Waals surface area contributed by atoms with E-state index < -0.39 is 0 Å². The smallest absolute Gasteiger partial charge is 0.273 e. The minimum absolute atomic E-state index is 0.265. The molecule has 0 bridgehead atoms. The molecule has 0 saturated heterocycles. The van der Waals surface area contributed by atoms with Gasteiger partial charge in [-0.15, -0.1) is 0 Å². The highest BCUT2D eigenvalue weighted by atomic mass is 16.6. The van der Waals surface area contributed by atoms with Crippen LogP contribution in [0.15, 0.2) is 6.07 Å². The van der Waals surface area contributed by atoms with Crippen LogP contribution in [0.4, 0.5) is 0 Å². The number of hydroxylamine groups is 1. The molecule has 0 fully saturated rings. The fraction of sp³-hybridized carbons (Fsp3) is 0.600. The standard InChI is InChI=1S/C10H17N3O2/c1-7(2)6-15-12-10(14)9-5-8(3)11-13(9)4/h5,7H,6H2,1-4H3,(H,12,14). The van der Waals surface area contributed by atoms with Crippen molar-refractivity contribution in [2.24, 2.45) is 13.0 Å². The molecule has 0 aromatic carbocycles. The first kappa shape index (κ1) is 11.7. The number of carbonyl (C=O) groups excluding carboxylic acids is 1. The molecule has 84 valence electrons. The van der Waals surface area contributed by atoms with Gasteiger partial charge in [0.05, 0.1) is 12.3 Å². The SMILES string of the molecule is Cc1cc(C(=O)NOCC(C)C)n(C)n1. The molecule has 0 spiro atoms. The summed E-state index contributed by atoms with van der Waals surface area (Å²) in [6.45, 7) is 6.37. The van der Waals surface area contributed by atoms with Crippen LogP contribution in [0.5, 0.6) is 0 Å². The lowest BCUT2D eigenvalue weighted by Gasteiger charge is -2.07. The molecule has 0 aliphatic rings. The maximum absolute atomic E-state index is 11.6. The number of nitrogens with one attached hydrogen (secondary N) is 1. The highest BCUT2D eigenvalue weighted by molar-refractivity contribution is 5.91. The Balaban J connectivity index is 2.50. The molecular weight excluding hydrogens is 194 g/mol. The summed E-state index contributed by atoms with van der Waals surface area (Å²) in [5.41, 5.74) is 3.69. The lowest BCUT2D eigenvalue weighted by atomic mass is 10.2. The quantitative estimate of drug-likeness (QED) is 0.757. The van der Waals surface area contributed by atoms with Gasteiger partial charge < -0.3 is 0 Å². The second-order valence-corrected chi connectivity index (χ2v) is 3.93. The van der Waals surface area contributed by atoms with Crippen molar-refractivity contribution in [2.45, 2.75) is 20.8 Å². The van der Waals surface area contributed by atoms with Crippen LogP contribution in [0.2, 0.25) is 0 Å². The molecule has 1 heterocycles. The Labute approximate surface area is 89.4 Å². The van der Waals surface area contributed by atoms with Crippen LogP contribution in [0.25, 0.3) is 0 Å². The number of hydrogen-bond donors (Lipinski definition) is 1. The molecule has 0 unspecified atom stereocenters. The molecule has 1 aromatic heterocycles. The molecule has 0 aliphatic heterocycles. The van der Waals surface area contributed by atoms with Crippen LogP contribution in [0.3, 0.4) is 0 Å². The molecule has 1 N–H and O–H groups in total. The third-order valence-electron chi connectivity index (χ3n) is 1.82. The summed E-state index contributed by atoms with van der Waals surface area (Å²) in [7, 11) is 1.73. The summed E-state index contributed by atoms with van der Waals surface area (Å²) in [6, 6.07) is 1.72. The summed E-state index contributed by atoms with van der Waals surface area (Å²) in [6.07, 6.45) is 0. The van der Waals surface area contributed by atoms with Crippen LogP contribution in [0, 0.1) is 12.8 Å². The van der Waals surface area contributed by atoms with E-state index in [1.165, 1.54) is 4.68 Å². The topological polar surface area (TPSA) is 56.1 Å². The van der Waals surface area contributed by atoms with E-state index in [4.69, 9.17) is 4.84 Å². The average Bonchev–Trinajstić information content (AvgIpc) is 2.44. The molecule has 0 saturated carbocycles. The van der Waals surface area contributed by atoms with Crippen molar-refractivity contribution in [3.05, 3.63) is 17.5 Å². The van der Waals surface area contributed by atoms with Crippen LogP contribution in [-0.4, -0.2) is 22.3 Å². The van der Waals surface area contributed by atoms with Crippen LogP contribution < -0.4 is 5.48 Å². The number of aryl methyl sites for hydroxylation is 2. The van der Waals surface area contributed by atoms with Gasteiger partial charge in [-0.05, 0) is 18.9 Å². The van der Waals surface area contributed by atoms with E-state index in [2.05, 4.69) is 10.6 Å². The molecule has 1 amide bonds. The molecule has 0 aliphatic carbocycles. The number of aromatic nitrogens is 2. The first-order chi connectivity index (χ1) is 7.00. The summed E-state index contributed by atoms with van der Waals surface area (Å²) in [4.78, 5) is 16.6. The number of nitrogens with zero attached hydrogens (tertiary/aromatic N) is 2. The predicted octanol–water partition coefficient (Wildman–Crippen LogP) is 1.05. The van der Waals surface area contributed by atoms with Gasteiger partial charge in [0.1, 0.15) is 5.69 Å². The predicted molar refractivity (Wildman–Crippen MR) is 56.2 cm³/mol. The zero-order valence-corrected chi connectivity index (χ0v) is 9.57. The molecule has 0 radical (unpaired) electrons. The van der Waals surface area contributed by atoms with Gasteiger partial charge in [-0.2, -0.15) is 5.10 Å². The third-order valence-corrected chi connectivity index (χ3v) is 1.82. The minimum Gasteiger partial charge on any atom is -0.273 e. The fourth-order valence-electron chi connectivity index (χ4n) is 1.15. The summed E-state index contributed by atoms with van der Waals surface area (Å²) in [5.74, 6) is 0.123. The van der Waals surface area contributed by atoms with E-state index in [1.807, 2.05) is 20.8 Å². The van der Waals surface area contributed by atoms with Crippen molar-refractivity contribution >= 4 is 5.91 Å². The van der Waals surface area contributed by atoms with E-state index in [1.54, 1.807) is 13.1 Å². The van der Waals surface area contributed by atoms with Crippen molar-refractivity contribution in [2.75, 3.05) is 6.61 Å². The Bertz CT molecular complexity index is 344. The number of carbonyl (C=O) groups is 1. The van der Waals surface area contributed by atoms with Gasteiger partial charge in [0.2, 0.25) is 0 Å². The highest BCUT2D eigenvalue weighted by Gasteiger charge is 2.11. The van der Waals surface area contributed by atoms with Gasteiger partial charge in [-0.3, -0.25) is 14.3 Å². The zero-order chi connectivity index (χ0) is 11.4. The Morgan fingerprint density at radius 2 is 2.33 bits per heavy atom. The van der Waals surface area contributed by atoms with E-state index in [0.717, 1.165) is 5.69 Å². The normalized spacial score (nSPS) is 10.7. The van der Waals surface area contributed by atoms with E-state index in [9.17, 15) is 4.79 Å². The Kier molecular flexibility index (Phi) is 3.85. The van der Waals surface area contributed by atoms with E-state index in [0.29, 0.717) is 18.2 Å². The maximum Gasteiger partial charge on any atom is 0.293 e. The van der Waals surface area contributed by atoms with Crippen LogP contribution in [-0.2, 0) is 11.9 Å². The van der Waals surface area contributed by atoms with Gasteiger partial charge in [-0.1, -0.05) is 13.8 Å². The number of rotatable bonds is 4. The lowest BCUT2D eigenvalue weighted by molar-refractivity contribution is 0.0201. The molecular formula is C10H17N3O2. The first-order valence-electron chi connectivity index (χ1n) is 4.93. The van der Waals surface area contributed by atoms with E-state index in [-0.39, 0.29) is 5.91 Å². The maximum atomic E-state index is 11.6. The second-order valence-electron chi connectivity index (χ2n) is 3.93. The van der Waals surface area contributed by atoms with Gasteiger partial charge in [-0.25, -0.2) is 5.48 Å².